The molecule has 1 aromatic heterocycles. The van der Waals surface area contributed by atoms with Gasteiger partial charge in [0.2, 0.25) is 0 Å². The average Bonchev–Trinajstić information content (AvgIpc) is 2.66. The van der Waals surface area contributed by atoms with Gasteiger partial charge in [0.1, 0.15) is 5.69 Å². The summed E-state index contributed by atoms with van der Waals surface area (Å²) in [6, 6.07) is 1.18. The zero-order valence-corrected chi connectivity index (χ0v) is 11.7. The molecular formula is C11H9BrF3N3O2. The number of amides is 1. The van der Waals surface area contributed by atoms with Crippen molar-refractivity contribution >= 4 is 32.2 Å². The molecule has 0 radical (unpaired) electrons. The minimum atomic E-state index is -5.09. The topological polar surface area (TPSA) is 68.3 Å². The van der Waals surface area contributed by atoms with E-state index in [-0.39, 0.29) is 12.2 Å². The number of rotatable bonds is 1. The Balaban J connectivity index is 2.70. The summed E-state index contributed by atoms with van der Waals surface area (Å²) < 4.78 is 38.8. The molecule has 0 fully saturated rings. The van der Waals surface area contributed by atoms with E-state index >= 15 is 0 Å². The summed E-state index contributed by atoms with van der Waals surface area (Å²) in [5, 5.41) is 0. The minimum Gasteiger partial charge on any atom is -0.374 e. The van der Waals surface area contributed by atoms with Crippen molar-refractivity contribution < 1.29 is 22.8 Å². The van der Waals surface area contributed by atoms with Crippen molar-refractivity contribution in [2.75, 3.05) is 7.05 Å². The SMILES string of the molecule is CN1C=C(Br)c2cc(C(N)=O)n(C(=O)C(F)(F)F)c2C1. The third kappa shape index (κ3) is 2.33. The highest BCUT2D eigenvalue weighted by Crippen LogP contribution is 2.34. The Bertz CT molecular complexity index is 634. The lowest BCUT2D eigenvalue weighted by Crippen LogP contribution is -2.35. The maximum atomic E-state index is 12.7. The largest absolute Gasteiger partial charge is 0.472 e. The van der Waals surface area contributed by atoms with E-state index in [1.165, 1.54) is 6.07 Å². The third-order valence-corrected chi connectivity index (χ3v) is 3.42. The lowest BCUT2D eigenvalue weighted by atomic mass is 10.2. The molecule has 0 aromatic carbocycles. The zero-order chi connectivity index (χ0) is 15.2. The van der Waals surface area contributed by atoms with Crippen LogP contribution in [0.4, 0.5) is 13.2 Å². The predicted molar refractivity (Wildman–Crippen MR) is 68.0 cm³/mol. The number of hydrogen-bond donors (Lipinski definition) is 1. The number of carbonyl (C=O) groups is 2. The maximum Gasteiger partial charge on any atom is 0.472 e. The second-order valence-electron chi connectivity index (χ2n) is 4.28. The molecule has 108 valence electrons. The van der Waals surface area contributed by atoms with Gasteiger partial charge in [-0.05, 0) is 22.0 Å². The van der Waals surface area contributed by atoms with Gasteiger partial charge in [0.15, 0.2) is 0 Å². The van der Waals surface area contributed by atoms with Crippen molar-refractivity contribution in [2.24, 2.45) is 5.73 Å². The van der Waals surface area contributed by atoms with Crippen LogP contribution in [0.25, 0.3) is 4.48 Å². The molecule has 0 unspecified atom stereocenters. The number of halogens is 4. The van der Waals surface area contributed by atoms with Crippen molar-refractivity contribution in [3.05, 3.63) is 29.2 Å². The first-order chi connectivity index (χ1) is 9.12. The van der Waals surface area contributed by atoms with Gasteiger partial charge < -0.3 is 10.6 Å². The van der Waals surface area contributed by atoms with Gasteiger partial charge in [0, 0.05) is 23.3 Å². The summed E-state index contributed by atoms with van der Waals surface area (Å²) in [6.07, 6.45) is -3.46. The van der Waals surface area contributed by atoms with Gasteiger partial charge in [-0.1, -0.05) is 0 Å². The predicted octanol–water partition coefficient (Wildman–Crippen LogP) is 1.93. The van der Waals surface area contributed by atoms with Gasteiger partial charge >= 0.3 is 12.1 Å². The van der Waals surface area contributed by atoms with Crippen molar-refractivity contribution in [1.82, 2.24) is 9.47 Å². The molecule has 0 spiro atoms. The third-order valence-electron chi connectivity index (χ3n) is 2.79. The summed E-state index contributed by atoms with van der Waals surface area (Å²) in [4.78, 5) is 24.4. The number of carbonyl (C=O) groups excluding carboxylic acids is 2. The Hall–Kier alpha value is -1.77. The van der Waals surface area contributed by atoms with Crippen LogP contribution in [0.1, 0.15) is 26.5 Å². The smallest absolute Gasteiger partial charge is 0.374 e. The number of primary amides is 1. The Kier molecular flexibility index (Phi) is 3.41. The molecule has 2 N–H and O–H groups in total. The van der Waals surface area contributed by atoms with E-state index in [0.717, 1.165) is 0 Å². The standard InChI is InChI=1S/C11H9BrF3N3O2/c1-17-3-6(12)5-2-7(9(16)19)18(8(5)4-17)10(20)11(13,14)15/h2-3H,4H2,1H3,(H2,16,19). The molecule has 2 heterocycles. The highest BCUT2D eigenvalue weighted by molar-refractivity contribution is 9.15. The summed E-state index contributed by atoms with van der Waals surface area (Å²) in [5.74, 6) is -3.23. The molecule has 0 saturated carbocycles. The number of hydrogen-bond acceptors (Lipinski definition) is 3. The van der Waals surface area contributed by atoms with Crippen LogP contribution < -0.4 is 5.73 Å². The van der Waals surface area contributed by atoms with Crippen LogP contribution >= 0.6 is 15.9 Å². The monoisotopic (exact) mass is 351 g/mol. The number of nitrogens with zero attached hydrogens (tertiary/aromatic N) is 2. The molecule has 1 amide bonds. The van der Waals surface area contributed by atoms with Gasteiger partial charge in [-0.15, -0.1) is 0 Å². The van der Waals surface area contributed by atoms with Crippen molar-refractivity contribution in [3.8, 4) is 0 Å². The zero-order valence-electron chi connectivity index (χ0n) is 10.2. The van der Waals surface area contributed by atoms with Gasteiger partial charge in [-0.2, -0.15) is 13.2 Å². The molecule has 0 atom stereocenters. The quantitative estimate of drug-likeness (QED) is 0.840. The van der Waals surface area contributed by atoms with Crippen molar-refractivity contribution in [3.63, 3.8) is 0 Å². The van der Waals surface area contributed by atoms with E-state index in [1.807, 2.05) is 0 Å². The van der Waals surface area contributed by atoms with Crippen LogP contribution in [-0.2, 0) is 6.54 Å². The molecular weight excluding hydrogens is 343 g/mol. The lowest BCUT2D eigenvalue weighted by molar-refractivity contribution is -0.0949. The van der Waals surface area contributed by atoms with E-state index in [1.54, 1.807) is 18.1 Å². The van der Waals surface area contributed by atoms with Crippen molar-refractivity contribution in [1.29, 1.82) is 0 Å². The van der Waals surface area contributed by atoms with E-state index in [4.69, 9.17) is 5.73 Å². The summed E-state index contributed by atoms with van der Waals surface area (Å²) in [5.41, 5.74) is 4.98. The summed E-state index contributed by atoms with van der Waals surface area (Å²) >= 11 is 3.19. The molecule has 20 heavy (non-hydrogen) atoms. The summed E-state index contributed by atoms with van der Waals surface area (Å²) in [6.45, 7) is 0.0551. The fraction of sp³-hybridized carbons (Fsp3) is 0.273. The molecule has 0 bridgehead atoms. The Morgan fingerprint density at radius 2 is 2.00 bits per heavy atom. The highest BCUT2D eigenvalue weighted by atomic mass is 79.9. The first kappa shape index (κ1) is 14.6. The number of nitrogens with two attached hydrogens (primary N) is 1. The number of aromatic nitrogens is 1. The summed E-state index contributed by atoms with van der Waals surface area (Å²) in [7, 11) is 1.63. The van der Waals surface area contributed by atoms with Gasteiger partial charge in [-0.25, -0.2) is 0 Å². The Morgan fingerprint density at radius 1 is 1.40 bits per heavy atom. The second kappa shape index (κ2) is 4.65. The number of alkyl halides is 3. The molecule has 1 aliphatic heterocycles. The average molecular weight is 352 g/mol. The van der Waals surface area contributed by atoms with Crippen LogP contribution in [0.3, 0.4) is 0 Å². The van der Waals surface area contributed by atoms with Crippen LogP contribution in [0.5, 0.6) is 0 Å². The first-order valence-electron chi connectivity index (χ1n) is 5.36. The highest BCUT2D eigenvalue weighted by Gasteiger charge is 2.43. The lowest BCUT2D eigenvalue weighted by Gasteiger charge is -2.23. The minimum absolute atomic E-state index is 0.0551. The fourth-order valence-electron chi connectivity index (χ4n) is 2.00. The van der Waals surface area contributed by atoms with Crippen LogP contribution in [0.15, 0.2) is 12.3 Å². The number of fused-ring (bicyclic) bond motifs is 1. The molecule has 5 nitrogen and oxygen atoms in total. The van der Waals surface area contributed by atoms with Gasteiger partial charge in [0.05, 0.1) is 12.2 Å². The Labute approximate surface area is 119 Å². The van der Waals surface area contributed by atoms with Gasteiger partial charge in [-0.3, -0.25) is 14.2 Å². The molecule has 0 aliphatic carbocycles. The second-order valence-corrected chi connectivity index (χ2v) is 5.14. The van der Waals surface area contributed by atoms with Crippen molar-refractivity contribution in [2.45, 2.75) is 12.7 Å². The molecule has 9 heteroatoms. The molecule has 1 aliphatic rings. The fourth-order valence-corrected chi connectivity index (χ4v) is 2.69. The van der Waals surface area contributed by atoms with Crippen LogP contribution in [0, 0.1) is 0 Å². The van der Waals surface area contributed by atoms with E-state index in [9.17, 15) is 22.8 Å². The van der Waals surface area contributed by atoms with E-state index in [0.29, 0.717) is 14.6 Å². The molecule has 0 saturated heterocycles. The molecule has 1 aromatic rings. The van der Waals surface area contributed by atoms with E-state index in [2.05, 4.69) is 15.9 Å². The Morgan fingerprint density at radius 3 is 2.50 bits per heavy atom. The molecule has 2 rings (SSSR count). The normalized spacial score (nSPS) is 14.8. The maximum absolute atomic E-state index is 12.7. The van der Waals surface area contributed by atoms with Crippen LogP contribution in [0.2, 0.25) is 0 Å². The van der Waals surface area contributed by atoms with Gasteiger partial charge in [0.25, 0.3) is 5.91 Å². The van der Waals surface area contributed by atoms with Crippen LogP contribution in [-0.4, -0.2) is 34.5 Å². The first-order valence-corrected chi connectivity index (χ1v) is 6.16. The van der Waals surface area contributed by atoms with E-state index < -0.39 is 23.7 Å².